The van der Waals surface area contributed by atoms with E-state index in [2.05, 4.69) is 20.8 Å². The van der Waals surface area contributed by atoms with Crippen molar-refractivity contribution in [3.05, 3.63) is 47.2 Å². The lowest BCUT2D eigenvalue weighted by Crippen LogP contribution is -2.27. The first-order valence-corrected chi connectivity index (χ1v) is 5.81. The maximum absolute atomic E-state index is 5.87. The molecular weight excluding hydrogens is 256 g/mol. The molecule has 0 saturated heterocycles. The summed E-state index contributed by atoms with van der Waals surface area (Å²) in [6.07, 6.45) is 1.70. The first kappa shape index (κ1) is 11.9. The van der Waals surface area contributed by atoms with Crippen LogP contribution in [0.5, 0.6) is 0 Å². The molecule has 1 aromatic carbocycles. The molecule has 6 heteroatoms. The molecule has 3 N–H and O–H groups in total. The van der Waals surface area contributed by atoms with Crippen molar-refractivity contribution in [3.63, 3.8) is 0 Å². The summed E-state index contributed by atoms with van der Waals surface area (Å²) in [6, 6.07) is 9.27. The van der Waals surface area contributed by atoms with E-state index < -0.39 is 0 Å². The Balaban J connectivity index is 1.85. The van der Waals surface area contributed by atoms with Crippen molar-refractivity contribution in [2.24, 2.45) is 0 Å². The maximum Gasteiger partial charge on any atom is 0.171 e. The molecule has 0 radical (unpaired) electrons. The van der Waals surface area contributed by atoms with E-state index in [1.165, 1.54) is 0 Å². The van der Waals surface area contributed by atoms with Crippen LogP contribution in [-0.4, -0.2) is 15.3 Å². The van der Waals surface area contributed by atoms with Gasteiger partial charge in [0.05, 0.1) is 12.2 Å². The van der Waals surface area contributed by atoms with Gasteiger partial charge in [0.25, 0.3) is 0 Å². The first-order valence-electron chi connectivity index (χ1n) is 5.03. The summed E-state index contributed by atoms with van der Waals surface area (Å²) >= 11 is 11.0. The number of nitrogens with one attached hydrogen (secondary N) is 3. The van der Waals surface area contributed by atoms with Crippen molar-refractivity contribution < 1.29 is 0 Å². The first-order chi connectivity index (χ1) is 8.24. The quantitative estimate of drug-likeness (QED) is 0.748. The Bertz CT molecular complexity index is 498. The third kappa shape index (κ3) is 3.72. The number of anilines is 1. The molecule has 17 heavy (non-hydrogen) atoms. The predicted molar refractivity (Wildman–Crippen MR) is 73.1 cm³/mol. The van der Waals surface area contributed by atoms with Crippen molar-refractivity contribution in [1.82, 2.24) is 15.5 Å². The Labute approximate surface area is 109 Å². The Morgan fingerprint density at radius 3 is 3.00 bits per heavy atom. The number of hydrogen-bond donors (Lipinski definition) is 3. The lowest BCUT2D eigenvalue weighted by atomic mass is 10.3. The van der Waals surface area contributed by atoms with Gasteiger partial charge in [-0.2, -0.15) is 5.10 Å². The molecular formula is C11H11ClN4S. The fourth-order valence-corrected chi connectivity index (χ4v) is 1.68. The molecule has 0 spiro atoms. The highest BCUT2D eigenvalue weighted by molar-refractivity contribution is 7.80. The van der Waals surface area contributed by atoms with E-state index in [4.69, 9.17) is 23.8 Å². The van der Waals surface area contributed by atoms with Crippen molar-refractivity contribution in [2.45, 2.75) is 6.54 Å². The summed E-state index contributed by atoms with van der Waals surface area (Å²) < 4.78 is 0. The highest BCUT2D eigenvalue weighted by Gasteiger charge is 1.99. The smallest absolute Gasteiger partial charge is 0.171 e. The van der Waals surface area contributed by atoms with E-state index in [9.17, 15) is 0 Å². The van der Waals surface area contributed by atoms with Crippen LogP contribution < -0.4 is 10.6 Å². The van der Waals surface area contributed by atoms with Crippen molar-refractivity contribution >= 4 is 34.6 Å². The number of nitrogens with zero attached hydrogens (tertiary/aromatic N) is 1. The lowest BCUT2D eigenvalue weighted by molar-refractivity contribution is 0.865. The van der Waals surface area contributed by atoms with Gasteiger partial charge in [0, 0.05) is 16.9 Å². The molecule has 1 aromatic heterocycles. The van der Waals surface area contributed by atoms with Gasteiger partial charge < -0.3 is 10.6 Å². The topological polar surface area (TPSA) is 52.7 Å². The van der Waals surface area contributed by atoms with Gasteiger partial charge in [0.15, 0.2) is 5.11 Å². The van der Waals surface area contributed by atoms with E-state index in [1.807, 2.05) is 30.3 Å². The standard InChI is InChI=1S/C11H11ClN4S/c12-8-2-1-3-9(6-8)15-11(17)13-7-10-4-5-14-16-10/h1-6H,7H2,(H,14,16)(H2,13,15,17). The zero-order valence-corrected chi connectivity index (χ0v) is 10.5. The zero-order chi connectivity index (χ0) is 12.1. The number of hydrogen-bond acceptors (Lipinski definition) is 2. The minimum absolute atomic E-state index is 0.543. The molecule has 0 unspecified atom stereocenters. The second-order valence-electron chi connectivity index (χ2n) is 3.40. The molecule has 0 bridgehead atoms. The normalized spacial score (nSPS) is 9.94. The van der Waals surface area contributed by atoms with Crippen LogP contribution in [0.3, 0.4) is 0 Å². The third-order valence-electron chi connectivity index (χ3n) is 2.08. The Morgan fingerprint density at radius 2 is 2.29 bits per heavy atom. The van der Waals surface area contributed by atoms with Gasteiger partial charge in [-0.1, -0.05) is 17.7 Å². The van der Waals surface area contributed by atoms with Crippen molar-refractivity contribution in [1.29, 1.82) is 0 Å². The summed E-state index contributed by atoms with van der Waals surface area (Å²) in [4.78, 5) is 0. The minimum atomic E-state index is 0.543. The zero-order valence-electron chi connectivity index (χ0n) is 8.90. The molecule has 4 nitrogen and oxygen atoms in total. The molecule has 2 rings (SSSR count). The van der Waals surface area contributed by atoms with E-state index in [0.717, 1.165) is 11.4 Å². The van der Waals surface area contributed by atoms with E-state index in [1.54, 1.807) is 6.20 Å². The fourth-order valence-electron chi connectivity index (χ4n) is 1.30. The molecule has 0 atom stereocenters. The molecule has 0 saturated carbocycles. The Kier molecular flexibility index (Phi) is 3.95. The van der Waals surface area contributed by atoms with Gasteiger partial charge in [-0.15, -0.1) is 0 Å². The molecule has 0 fully saturated rings. The SMILES string of the molecule is S=C(NCc1ccn[nH]1)Nc1cccc(Cl)c1. The fraction of sp³-hybridized carbons (Fsp3) is 0.0909. The summed E-state index contributed by atoms with van der Waals surface area (Å²) in [5, 5.41) is 14.0. The van der Waals surface area contributed by atoms with Crippen molar-refractivity contribution in [3.8, 4) is 0 Å². The van der Waals surface area contributed by atoms with E-state index in [0.29, 0.717) is 16.7 Å². The molecule has 0 aliphatic heterocycles. The van der Waals surface area contributed by atoms with Crippen LogP contribution in [0.4, 0.5) is 5.69 Å². The van der Waals surface area contributed by atoms with Crippen LogP contribution in [0.15, 0.2) is 36.5 Å². The molecule has 2 aromatic rings. The number of H-pyrrole nitrogens is 1. The second-order valence-corrected chi connectivity index (χ2v) is 4.24. The van der Waals surface area contributed by atoms with Crippen LogP contribution >= 0.6 is 23.8 Å². The second kappa shape index (κ2) is 5.65. The number of benzene rings is 1. The van der Waals surface area contributed by atoms with Crippen LogP contribution in [0, 0.1) is 0 Å². The van der Waals surface area contributed by atoms with Gasteiger partial charge >= 0.3 is 0 Å². The summed E-state index contributed by atoms with van der Waals surface area (Å²) in [5.41, 5.74) is 1.83. The highest BCUT2D eigenvalue weighted by atomic mass is 35.5. The largest absolute Gasteiger partial charge is 0.357 e. The molecule has 0 aliphatic carbocycles. The van der Waals surface area contributed by atoms with Crippen LogP contribution in [0.2, 0.25) is 5.02 Å². The maximum atomic E-state index is 5.87. The Morgan fingerprint density at radius 1 is 1.41 bits per heavy atom. The van der Waals surface area contributed by atoms with Crippen LogP contribution in [-0.2, 0) is 6.54 Å². The molecule has 88 valence electrons. The molecule has 0 aliphatic rings. The Hall–Kier alpha value is -1.59. The van der Waals surface area contributed by atoms with Gasteiger partial charge in [-0.3, -0.25) is 5.10 Å². The summed E-state index contributed by atoms with van der Waals surface area (Å²) in [5.74, 6) is 0. The average molecular weight is 267 g/mol. The lowest BCUT2D eigenvalue weighted by Gasteiger charge is -2.09. The molecule has 0 amide bonds. The molecule has 1 heterocycles. The van der Waals surface area contributed by atoms with Gasteiger partial charge in [-0.25, -0.2) is 0 Å². The van der Waals surface area contributed by atoms with Gasteiger partial charge in [0.1, 0.15) is 0 Å². The van der Waals surface area contributed by atoms with E-state index >= 15 is 0 Å². The average Bonchev–Trinajstić information content (AvgIpc) is 2.79. The monoisotopic (exact) mass is 266 g/mol. The van der Waals surface area contributed by atoms with Crippen molar-refractivity contribution in [2.75, 3.05) is 5.32 Å². The number of thiocarbonyl (C=S) groups is 1. The number of halogens is 1. The predicted octanol–water partition coefficient (Wildman–Crippen LogP) is 2.55. The summed E-state index contributed by atoms with van der Waals surface area (Å²) in [6.45, 7) is 0.604. The van der Waals surface area contributed by atoms with Gasteiger partial charge in [0.2, 0.25) is 0 Å². The number of aromatic nitrogens is 2. The van der Waals surface area contributed by atoms with Crippen LogP contribution in [0.1, 0.15) is 5.69 Å². The minimum Gasteiger partial charge on any atom is -0.357 e. The number of aromatic amines is 1. The summed E-state index contributed by atoms with van der Waals surface area (Å²) in [7, 11) is 0. The third-order valence-corrected chi connectivity index (χ3v) is 2.56. The highest BCUT2D eigenvalue weighted by Crippen LogP contribution is 2.14. The van der Waals surface area contributed by atoms with Crippen LogP contribution in [0.25, 0.3) is 0 Å². The van der Waals surface area contributed by atoms with E-state index in [-0.39, 0.29) is 0 Å². The number of rotatable bonds is 3. The van der Waals surface area contributed by atoms with Gasteiger partial charge in [-0.05, 0) is 36.5 Å².